The van der Waals surface area contributed by atoms with E-state index in [2.05, 4.69) is 10.2 Å². The van der Waals surface area contributed by atoms with Crippen LogP contribution in [0, 0.1) is 5.92 Å². The Morgan fingerprint density at radius 1 is 1.19 bits per heavy atom. The number of aliphatic carboxylic acids is 1. The van der Waals surface area contributed by atoms with Crippen LogP contribution in [-0.4, -0.2) is 41.1 Å². The fraction of sp³-hybridized carbons (Fsp3) is 0.476. The fourth-order valence-electron chi connectivity index (χ4n) is 3.56. The summed E-state index contributed by atoms with van der Waals surface area (Å²) in [6.45, 7) is 1.74. The highest BCUT2D eigenvalue weighted by molar-refractivity contribution is 5.69. The van der Waals surface area contributed by atoms with E-state index in [-0.39, 0.29) is 6.54 Å². The maximum absolute atomic E-state index is 11.1. The van der Waals surface area contributed by atoms with E-state index in [1.54, 1.807) is 0 Å². The molecule has 6 heteroatoms. The molecule has 2 saturated carbocycles. The summed E-state index contributed by atoms with van der Waals surface area (Å²) < 4.78 is 11.4. The molecule has 4 rings (SSSR count). The molecular weight excluding hydrogens is 344 g/mol. The Balaban J connectivity index is 1.21. The van der Waals surface area contributed by atoms with Crippen LogP contribution in [0.15, 0.2) is 46.9 Å². The number of nitrogens with one attached hydrogen (secondary N) is 1. The van der Waals surface area contributed by atoms with Gasteiger partial charge in [0.1, 0.15) is 11.5 Å². The third kappa shape index (κ3) is 5.11. The molecule has 1 aromatic heterocycles. The van der Waals surface area contributed by atoms with Crippen LogP contribution in [0.1, 0.15) is 31.4 Å². The monoisotopic (exact) mass is 370 g/mol. The molecule has 2 aliphatic carbocycles. The van der Waals surface area contributed by atoms with Crippen LogP contribution in [0.3, 0.4) is 0 Å². The molecular formula is C21H26N2O4. The first kappa shape index (κ1) is 18.1. The average molecular weight is 370 g/mol. The van der Waals surface area contributed by atoms with E-state index in [1.807, 2.05) is 42.5 Å². The molecule has 27 heavy (non-hydrogen) atoms. The number of hydrogen-bond donors (Lipinski definition) is 2. The molecule has 2 aliphatic rings. The van der Waals surface area contributed by atoms with Crippen LogP contribution in [0.5, 0.6) is 11.7 Å². The van der Waals surface area contributed by atoms with Crippen molar-refractivity contribution in [1.29, 1.82) is 0 Å². The predicted molar refractivity (Wildman–Crippen MR) is 101 cm³/mol. The lowest BCUT2D eigenvalue weighted by Crippen LogP contribution is -2.54. The van der Waals surface area contributed by atoms with Crippen molar-refractivity contribution < 1.29 is 19.1 Å². The summed E-state index contributed by atoms with van der Waals surface area (Å²) in [4.78, 5) is 13.2. The first-order valence-corrected chi connectivity index (χ1v) is 9.66. The molecule has 0 atom stereocenters. The van der Waals surface area contributed by atoms with Gasteiger partial charge in [-0.3, -0.25) is 9.69 Å². The van der Waals surface area contributed by atoms with Gasteiger partial charge in [-0.1, -0.05) is 18.2 Å². The molecule has 0 radical (unpaired) electrons. The van der Waals surface area contributed by atoms with E-state index in [9.17, 15) is 4.79 Å². The number of carboxylic acids is 1. The SMILES string of the molecule is O=C(O)CN(CC1CC1)C1CC(NCc2ccc(Oc3ccccc3)o2)C1. The number of hydrogen-bond acceptors (Lipinski definition) is 5. The number of rotatable bonds is 10. The zero-order valence-electron chi connectivity index (χ0n) is 15.3. The molecule has 0 amide bonds. The lowest BCUT2D eigenvalue weighted by Gasteiger charge is -2.42. The number of nitrogens with zero attached hydrogens (tertiary/aromatic N) is 1. The van der Waals surface area contributed by atoms with Gasteiger partial charge in [-0.05, 0) is 49.8 Å². The van der Waals surface area contributed by atoms with Gasteiger partial charge in [-0.25, -0.2) is 0 Å². The summed E-state index contributed by atoms with van der Waals surface area (Å²) in [5.41, 5.74) is 0. The summed E-state index contributed by atoms with van der Waals surface area (Å²) in [7, 11) is 0. The molecule has 2 aromatic rings. The minimum Gasteiger partial charge on any atom is -0.480 e. The largest absolute Gasteiger partial charge is 0.480 e. The second-order valence-electron chi connectivity index (χ2n) is 7.61. The number of carbonyl (C=O) groups is 1. The average Bonchev–Trinajstić information content (AvgIpc) is 3.31. The third-order valence-corrected chi connectivity index (χ3v) is 5.32. The van der Waals surface area contributed by atoms with Gasteiger partial charge in [-0.15, -0.1) is 0 Å². The Morgan fingerprint density at radius 2 is 1.96 bits per heavy atom. The number of ether oxygens (including phenoxy) is 1. The molecule has 0 bridgehead atoms. The molecule has 0 aliphatic heterocycles. The lowest BCUT2D eigenvalue weighted by atomic mass is 9.85. The maximum Gasteiger partial charge on any atom is 0.317 e. The minimum absolute atomic E-state index is 0.159. The number of benzene rings is 1. The Kier molecular flexibility index (Phi) is 5.45. The van der Waals surface area contributed by atoms with Crippen molar-refractivity contribution in [2.24, 2.45) is 5.92 Å². The van der Waals surface area contributed by atoms with Crippen LogP contribution in [-0.2, 0) is 11.3 Å². The Labute approximate surface area is 159 Å². The summed E-state index contributed by atoms with van der Waals surface area (Å²) in [5, 5.41) is 12.6. The second-order valence-corrected chi connectivity index (χ2v) is 7.61. The van der Waals surface area contributed by atoms with E-state index >= 15 is 0 Å². The van der Waals surface area contributed by atoms with Crippen LogP contribution < -0.4 is 10.1 Å². The van der Waals surface area contributed by atoms with Crippen molar-refractivity contribution in [1.82, 2.24) is 10.2 Å². The van der Waals surface area contributed by atoms with Crippen LogP contribution >= 0.6 is 0 Å². The number of carboxylic acid groups (broad SMARTS) is 1. The fourth-order valence-corrected chi connectivity index (χ4v) is 3.56. The molecule has 0 spiro atoms. The molecule has 2 N–H and O–H groups in total. The zero-order chi connectivity index (χ0) is 18.6. The predicted octanol–water partition coefficient (Wildman–Crippen LogP) is 3.49. The van der Waals surface area contributed by atoms with Gasteiger partial charge in [-0.2, -0.15) is 0 Å². The highest BCUT2D eigenvalue weighted by Crippen LogP contribution is 2.34. The van der Waals surface area contributed by atoms with Gasteiger partial charge in [0, 0.05) is 24.7 Å². The zero-order valence-corrected chi connectivity index (χ0v) is 15.3. The summed E-state index contributed by atoms with van der Waals surface area (Å²) in [6, 6.07) is 14.1. The van der Waals surface area contributed by atoms with Gasteiger partial charge < -0.3 is 19.6 Å². The van der Waals surface area contributed by atoms with E-state index in [4.69, 9.17) is 14.3 Å². The van der Waals surface area contributed by atoms with E-state index < -0.39 is 5.97 Å². The molecule has 2 fully saturated rings. The Bertz CT molecular complexity index is 751. The molecule has 6 nitrogen and oxygen atoms in total. The highest BCUT2D eigenvalue weighted by Gasteiger charge is 2.36. The minimum atomic E-state index is -0.728. The summed E-state index contributed by atoms with van der Waals surface area (Å²) >= 11 is 0. The molecule has 1 heterocycles. The second kappa shape index (κ2) is 8.15. The van der Waals surface area contributed by atoms with Gasteiger partial charge >= 0.3 is 5.97 Å². The van der Waals surface area contributed by atoms with Crippen molar-refractivity contribution in [3.63, 3.8) is 0 Å². The van der Waals surface area contributed by atoms with E-state index in [0.717, 1.165) is 30.9 Å². The first-order chi connectivity index (χ1) is 13.2. The highest BCUT2D eigenvalue weighted by atomic mass is 16.6. The normalized spacial score (nSPS) is 21.8. The standard InChI is InChI=1S/C21H26N2O4/c24-20(25)14-23(13-15-6-7-15)17-10-16(11-17)22-12-19-8-9-21(27-19)26-18-4-2-1-3-5-18/h1-5,8-9,15-17,22H,6-7,10-14H2,(H,24,25). The van der Waals surface area contributed by atoms with Crippen molar-refractivity contribution in [2.45, 2.75) is 44.3 Å². The Morgan fingerprint density at radius 3 is 2.67 bits per heavy atom. The van der Waals surface area contributed by atoms with Crippen LogP contribution in [0.25, 0.3) is 0 Å². The van der Waals surface area contributed by atoms with Crippen LogP contribution in [0.4, 0.5) is 0 Å². The quantitative estimate of drug-likeness (QED) is 0.667. The topological polar surface area (TPSA) is 74.9 Å². The van der Waals surface area contributed by atoms with Crippen molar-refractivity contribution in [3.05, 3.63) is 48.2 Å². The molecule has 0 saturated heterocycles. The number of para-hydroxylation sites is 1. The molecule has 0 unspecified atom stereocenters. The lowest BCUT2D eigenvalue weighted by molar-refractivity contribution is -0.139. The summed E-state index contributed by atoms with van der Waals surface area (Å²) in [6.07, 6.45) is 4.48. The third-order valence-electron chi connectivity index (χ3n) is 5.32. The Hall–Kier alpha value is -2.31. The van der Waals surface area contributed by atoms with E-state index in [0.29, 0.717) is 30.5 Å². The van der Waals surface area contributed by atoms with Gasteiger partial charge in [0.05, 0.1) is 13.1 Å². The van der Waals surface area contributed by atoms with Crippen molar-refractivity contribution in [2.75, 3.05) is 13.1 Å². The van der Waals surface area contributed by atoms with E-state index in [1.165, 1.54) is 12.8 Å². The van der Waals surface area contributed by atoms with Crippen molar-refractivity contribution in [3.8, 4) is 11.7 Å². The van der Waals surface area contributed by atoms with Gasteiger partial charge in [0.25, 0.3) is 5.95 Å². The molecule has 144 valence electrons. The molecule has 1 aromatic carbocycles. The van der Waals surface area contributed by atoms with Gasteiger partial charge in [0.15, 0.2) is 0 Å². The van der Waals surface area contributed by atoms with Gasteiger partial charge in [0.2, 0.25) is 0 Å². The first-order valence-electron chi connectivity index (χ1n) is 9.66. The van der Waals surface area contributed by atoms with Crippen LogP contribution in [0.2, 0.25) is 0 Å². The smallest absolute Gasteiger partial charge is 0.317 e. The van der Waals surface area contributed by atoms with Crippen molar-refractivity contribution >= 4 is 5.97 Å². The summed E-state index contributed by atoms with van der Waals surface area (Å²) in [5.74, 6) is 2.06. The number of furan rings is 1. The maximum atomic E-state index is 11.1.